The highest BCUT2D eigenvalue weighted by Crippen LogP contribution is 2.24. The highest BCUT2D eigenvalue weighted by Gasteiger charge is 2.30. The van der Waals surface area contributed by atoms with Gasteiger partial charge in [-0.15, -0.1) is 0 Å². The Bertz CT molecular complexity index is 1850. The first-order valence-electron chi connectivity index (χ1n) is 48.6. The Morgan fingerprint density at radius 1 is 0.0963 bits per heavy atom. The fourth-order valence-corrected chi connectivity index (χ4v) is 10.1. The van der Waals surface area contributed by atoms with Gasteiger partial charge in [0.1, 0.15) is 0 Å². The van der Waals surface area contributed by atoms with E-state index in [1.54, 1.807) is 0 Å². The maximum Gasteiger partial charge on any atom is 0.0701 e. The molecule has 0 amide bonds. The van der Waals surface area contributed by atoms with Gasteiger partial charge in [0.15, 0.2) is 0 Å². The largest absolute Gasteiger partial charge is 0.378 e. The molecule has 0 aliphatic carbocycles. The molecule has 0 unspecified atom stereocenters. The second-order valence-electron chi connectivity index (χ2n) is 28.3. The molecule has 0 saturated heterocycles. The van der Waals surface area contributed by atoms with Gasteiger partial charge < -0.3 is 216 Å². The molecule has 0 atom stereocenters. The van der Waals surface area contributed by atoms with Crippen molar-refractivity contribution in [2.75, 3.05) is 575 Å². The average Bonchev–Trinajstić information content (AvgIpc) is 0.876. The standard InChI is InChI=1S/C90H185N3O42/c1-2-90(87-133-84-81-130-78-75-127-72-69-124-66-63-121-60-57-118-54-51-115-48-45-112-42-39-109-36-33-106-30-27-103-24-21-100-18-15-97-12-9-94-6-3-91,88-134-85-82-131-79-76-128-73-70-125-67-64-122-61-58-119-55-52-116-49-46-113-43-40-110-37-34-107-31-28-104-25-22-101-19-16-98-13-10-95-7-4-92)89-135-86-83-132-80-77-129-74-71-126-68-65-123-62-59-120-56-53-117-50-47-114-44-41-111-38-35-108-32-29-105-26-23-102-20-17-99-14-11-96-8-5-93/h2-89,91-93H2,1H3. The minimum absolute atomic E-state index is 0.391. The summed E-state index contributed by atoms with van der Waals surface area (Å²) in [5, 5.41) is 0. The zero-order chi connectivity index (χ0) is 96.4. The van der Waals surface area contributed by atoms with Gasteiger partial charge in [-0.25, -0.2) is 0 Å². The smallest absolute Gasteiger partial charge is 0.0701 e. The molecule has 0 bridgehead atoms. The van der Waals surface area contributed by atoms with Crippen LogP contribution in [0.25, 0.3) is 0 Å². The predicted molar refractivity (Wildman–Crippen MR) is 494 cm³/mol. The number of hydrogen-bond acceptors (Lipinski definition) is 45. The highest BCUT2D eigenvalue weighted by molar-refractivity contribution is 4.78. The van der Waals surface area contributed by atoms with Crippen molar-refractivity contribution in [1.82, 2.24) is 0 Å². The first-order valence-corrected chi connectivity index (χ1v) is 48.6. The van der Waals surface area contributed by atoms with Gasteiger partial charge in [0, 0.05) is 25.0 Å². The Labute approximate surface area is 806 Å². The minimum Gasteiger partial charge on any atom is -0.378 e. The third-order valence-electron chi connectivity index (χ3n) is 17.3. The quantitative estimate of drug-likeness (QED) is 0.0672. The molecule has 0 fully saturated rings. The van der Waals surface area contributed by atoms with E-state index >= 15 is 0 Å². The minimum atomic E-state index is -0.417. The summed E-state index contributed by atoms with van der Waals surface area (Å²) >= 11 is 0. The molecule has 0 aromatic rings. The third kappa shape index (κ3) is 121. The molecule has 45 heteroatoms. The van der Waals surface area contributed by atoms with Crippen LogP contribution in [0.3, 0.4) is 0 Å². The van der Waals surface area contributed by atoms with E-state index in [0.717, 1.165) is 6.42 Å². The topological polar surface area (TPSA) is 466 Å². The summed E-state index contributed by atoms with van der Waals surface area (Å²) in [6.07, 6.45) is 0.748. The summed E-state index contributed by atoms with van der Waals surface area (Å²) in [7, 11) is 0. The van der Waals surface area contributed by atoms with Crippen LogP contribution in [0.15, 0.2) is 0 Å². The van der Waals surface area contributed by atoms with Crippen LogP contribution in [0.2, 0.25) is 0 Å². The monoisotopic (exact) mass is 1980 g/mol. The van der Waals surface area contributed by atoms with Crippen LogP contribution in [0, 0.1) is 5.41 Å². The summed E-state index contributed by atoms with van der Waals surface area (Å²) in [6, 6.07) is 0. The van der Waals surface area contributed by atoms with Gasteiger partial charge in [-0.05, 0) is 6.42 Å². The van der Waals surface area contributed by atoms with Crippen LogP contribution >= 0.6 is 0 Å². The summed E-state index contributed by atoms with van der Waals surface area (Å²) in [5.74, 6) is 0. The van der Waals surface area contributed by atoms with Crippen LogP contribution in [0.5, 0.6) is 0 Å². The van der Waals surface area contributed by atoms with Crippen molar-refractivity contribution in [2.45, 2.75) is 13.3 Å². The maximum absolute atomic E-state index is 6.17. The molecule has 6 N–H and O–H groups in total. The van der Waals surface area contributed by atoms with Crippen molar-refractivity contribution in [3.63, 3.8) is 0 Å². The van der Waals surface area contributed by atoms with Gasteiger partial charge in [0.05, 0.1) is 555 Å². The lowest BCUT2D eigenvalue weighted by atomic mass is 9.88. The van der Waals surface area contributed by atoms with Crippen LogP contribution in [0.4, 0.5) is 0 Å². The van der Waals surface area contributed by atoms with Crippen LogP contribution in [0.1, 0.15) is 13.3 Å². The van der Waals surface area contributed by atoms with Crippen molar-refractivity contribution < 1.29 is 199 Å². The fraction of sp³-hybridized carbons (Fsp3) is 1.00. The molecule has 0 heterocycles. The van der Waals surface area contributed by atoms with Gasteiger partial charge in [0.25, 0.3) is 0 Å². The van der Waals surface area contributed by atoms with Crippen molar-refractivity contribution in [3.8, 4) is 0 Å². The molecule has 135 heavy (non-hydrogen) atoms. The maximum atomic E-state index is 6.17. The Hall–Kier alpha value is -1.80. The van der Waals surface area contributed by atoms with Crippen molar-refractivity contribution >= 4 is 0 Å². The summed E-state index contributed by atoms with van der Waals surface area (Å²) < 4.78 is 235. The van der Waals surface area contributed by atoms with Gasteiger partial charge in [-0.1, -0.05) is 6.92 Å². The molecule has 0 aliphatic heterocycles. The summed E-state index contributed by atoms with van der Waals surface area (Å²) in [4.78, 5) is 0. The van der Waals surface area contributed by atoms with Crippen LogP contribution in [-0.2, 0) is 199 Å². The van der Waals surface area contributed by atoms with E-state index in [4.69, 9.17) is 216 Å². The first kappa shape index (κ1) is 133. The molecule has 812 valence electrons. The van der Waals surface area contributed by atoms with Crippen molar-refractivity contribution in [2.24, 2.45) is 22.6 Å². The van der Waals surface area contributed by atoms with Gasteiger partial charge >= 0.3 is 0 Å². The van der Waals surface area contributed by atoms with E-state index in [1.165, 1.54) is 0 Å². The van der Waals surface area contributed by atoms with E-state index in [-0.39, 0.29) is 0 Å². The lowest BCUT2D eigenvalue weighted by Gasteiger charge is -2.32. The van der Waals surface area contributed by atoms with E-state index in [0.29, 0.717) is 575 Å². The zero-order valence-corrected chi connectivity index (χ0v) is 82.6. The molecule has 0 radical (unpaired) electrons. The van der Waals surface area contributed by atoms with E-state index in [9.17, 15) is 0 Å². The Morgan fingerprint density at radius 2 is 0.156 bits per heavy atom. The van der Waals surface area contributed by atoms with Gasteiger partial charge in [-0.2, -0.15) is 0 Å². The van der Waals surface area contributed by atoms with Gasteiger partial charge in [0.2, 0.25) is 0 Å². The molecule has 0 aromatic carbocycles. The first-order chi connectivity index (χ1) is 67.2. The predicted octanol–water partition coefficient (Wildman–Crippen LogP) is -0.0439. The third-order valence-corrected chi connectivity index (χ3v) is 17.3. The molecule has 45 nitrogen and oxygen atoms in total. The summed E-state index contributed by atoms with van der Waals surface area (Å²) in [6.45, 7) is 43.0. The molecule has 0 spiro atoms. The molecular formula is C90H185N3O42. The molecular weight excluding hydrogens is 1790 g/mol. The second kappa shape index (κ2) is 126. The van der Waals surface area contributed by atoms with E-state index < -0.39 is 5.41 Å². The number of nitrogens with two attached hydrogens (primary N) is 3. The molecule has 0 rings (SSSR count). The lowest BCUT2D eigenvalue weighted by Crippen LogP contribution is -2.38. The van der Waals surface area contributed by atoms with E-state index in [1.807, 2.05) is 0 Å². The van der Waals surface area contributed by atoms with E-state index in [2.05, 4.69) is 6.92 Å². The number of hydrogen-bond donors (Lipinski definition) is 3. The second-order valence-corrected chi connectivity index (χ2v) is 28.3. The van der Waals surface area contributed by atoms with Crippen LogP contribution < -0.4 is 17.2 Å². The highest BCUT2D eigenvalue weighted by atomic mass is 16.6. The average molecular weight is 1980 g/mol. The SMILES string of the molecule is CCC(COCCOCCOCCOCCOCCOCCOCCOCCOCCOCCOCCOCCOCCOCCN)(COCCOCCOCCOCCOCCOCCOCCOCCOCCOCCOCCOCCOCCOCCN)COCCOCCOCCOCCOCCOCCOCCOCCOCCOCCOCCOCCOCCOCCN. The Balaban J connectivity index is 4.15. The molecule has 0 aromatic heterocycles. The fourth-order valence-electron chi connectivity index (χ4n) is 10.1. The number of ether oxygens (including phenoxy) is 42. The van der Waals surface area contributed by atoms with Crippen molar-refractivity contribution in [1.29, 1.82) is 0 Å². The molecule has 0 saturated carbocycles. The van der Waals surface area contributed by atoms with Gasteiger partial charge in [-0.3, -0.25) is 0 Å². The normalized spacial score (nSPS) is 12.0. The summed E-state index contributed by atoms with van der Waals surface area (Å²) in [5.41, 5.74) is 15.7. The van der Waals surface area contributed by atoms with Crippen molar-refractivity contribution in [3.05, 3.63) is 0 Å². The van der Waals surface area contributed by atoms with Crippen LogP contribution in [-0.4, -0.2) is 575 Å². The Morgan fingerprint density at radius 3 is 0.215 bits per heavy atom. The number of rotatable bonds is 130. The lowest BCUT2D eigenvalue weighted by molar-refractivity contribution is -0.0923. The molecule has 0 aliphatic rings. The Kier molecular flexibility index (Phi) is 125. The zero-order valence-electron chi connectivity index (χ0n) is 82.6.